The number of aryl methyl sites for hydroxylation is 1. The Morgan fingerprint density at radius 1 is 1.53 bits per heavy atom. The van der Waals surface area contributed by atoms with Gasteiger partial charge in [0.05, 0.1) is 17.1 Å². The normalized spacial score (nSPS) is 23.1. The SMILES string of the molecule is Cc1ccc(OCC2CNCC(C)O2)cc1[N+](=O)[O-]. The summed E-state index contributed by atoms with van der Waals surface area (Å²) < 4.78 is 11.3. The lowest BCUT2D eigenvalue weighted by molar-refractivity contribution is -0.385. The topological polar surface area (TPSA) is 73.6 Å². The first-order valence-electron chi connectivity index (χ1n) is 6.30. The molecule has 1 aromatic carbocycles. The lowest BCUT2D eigenvalue weighted by atomic mass is 10.2. The van der Waals surface area contributed by atoms with Crippen molar-refractivity contribution in [3.05, 3.63) is 33.9 Å². The van der Waals surface area contributed by atoms with Gasteiger partial charge in [-0.2, -0.15) is 0 Å². The number of nitrogens with one attached hydrogen (secondary N) is 1. The third-order valence-corrected chi connectivity index (χ3v) is 3.04. The smallest absolute Gasteiger partial charge is 0.276 e. The molecule has 1 heterocycles. The molecule has 1 aliphatic rings. The number of hydrogen-bond acceptors (Lipinski definition) is 5. The van der Waals surface area contributed by atoms with Crippen LogP contribution in [0.3, 0.4) is 0 Å². The summed E-state index contributed by atoms with van der Waals surface area (Å²) >= 11 is 0. The van der Waals surface area contributed by atoms with Crippen LogP contribution in [-0.4, -0.2) is 36.8 Å². The van der Waals surface area contributed by atoms with Crippen LogP contribution in [-0.2, 0) is 4.74 Å². The minimum absolute atomic E-state index is 0.0240. The molecule has 0 aliphatic carbocycles. The number of ether oxygens (including phenoxy) is 2. The van der Waals surface area contributed by atoms with Crippen molar-refractivity contribution in [2.45, 2.75) is 26.1 Å². The monoisotopic (exact) mass is 266 g/mol. The van der Waals surface area contributed by atoms with Gasteiger partial charge in [0, 0.05) is 18.7 Å². The van der Waals surface area contributed by atoms with E-state index in [1.807, 2.05) is 6.92 Å². The van der Waals surface area contributed by atoms with Crippen LogP contribution >= 0.6 is 0 Å². The zero-order chi connectivity index (χ0) is 13.8. The van der Waals surface area contributed by atoms with Crippen molar-refractivity contribution in [3.63, 3.8) is 0 Å². The summed E-state index contributed by atoms with van der Waals surface area (Å²) in [7, 11) is 0. The van der Waals surface area contributed by atoms with E-state index in [9.17, 15) is 10.1 Å². The zero-order valence-electron chi connectivity index (χ0n) is 11.1. The minimum atomic E-state index is -0.400. The summed E-state index contributed by atoms with van der Waals surface area (Å²) in [4.78, 5) is 10.4. The summed E-state index contributed by atoms with van der Waals surface area (Å²) in [6, 6.07) is 4.88. The van der Waals surface area contributed by atoms with Crippen molar-refractivity contribution in [2.24, 2.45) is 0 Å². The molecule has 104 valence electrons. The lowest BCUT2D eigenvalue weighted by Gasteiger charge is -2.28. The predicted molar refractivity (Wildman–Crippen MR) is 70.5 cm³/mol. The fourth-order valence-corrected chi connectivity index (χ4v) is 2.04. The highest BCUT2D eigenvalue weighted by Crippen LogP contribution is 2.24. The van der Waals surface area contributed by atoms with Crippen LogP contribution in [0.2, 0.25) is 0 Å². The Morgan fingerprint density at radius 2 is 2.32 bits per heavy atom. The number of hydrogen-bond donors (Lipinski definition) is 1. The molecule has 19 heavy (non-hydrogen) atoms. The van der Waals surface area contributed by atoms with Gasteiger partial charge in [0.15, 0.2) is 0 Å². The summed E-state index contributed by atoms with van der Waals surface area (Å²) in [6.07, 6.45) is 0.138. The molecule has 1 saturated heterocycles. The number of nitro groups is 1. The van der Waals surface area contributed by atoms with Crippen LogP contribution in [0.25, 0.3) is 0 Å². The maximum absolute atomic E-state index is 10.8. The van der Waals surface area contributed by atoms with Gasteiger partial charge in [0.2, 0.25) is 0 Å². The van der Waals surface area contributed by atoms with E-state index in [1.54, 1.807) is 19.1 Å². The molecule has 6 heteroatoms. The van der Waals surface area contributed by atoms with E-state index in [1.165, 1.54) is 6.07 Å². The van der Waals surface area contributed by atoms with E-state index >= 15 is 0 Å². The second kappa shape index (κ2) is 5.99. The summed E-state index contributed by atoms with van der Waals surface area (Å²) in [6.45, 7) is 5.66. The molecule has 1 N–H and O–H groups in total. The van der Waals surface area contributed by atoms with E-state index in [0.717, 1.165) is 13.1 Å². The fraction of sp³-hybridized carbons (Fsp3) is 0.538. The standard InChI is InChI=1S/C13H18N2O4/c1-9-3-4-11(5-13(9)15(16)17)18-8-12-7-14-6-10(2)19-12/h3-5,10,12,14H,6-8H2,1-2H3. The van der Waals surface area contributed by atoms with E-state index in [0.29, 0.717) is 17.9 Å². The molecule has 0 saturated carbocycles. The first kappa shape index (κ1) is 13.8. The molecule has 0 amide bonds. The fourth-order valence-electron chi connectivity index (χ4n) is 2.04. The Balaban J connectivity index is 1.96. The second-order valence-corrected chi connectivity index (χ2v) is 4.74. The summed E-state index contributed by atoms with van der Waals surface area (Å²) in [5, 5.41) is 14.1. The van der Waals surface area contributed by atoms with Gasteiger partial charge in [-0.15, -0.1) is 0 Å². The Labute approximate surface area is 111 Å². The number of nitrogens with zero attached hydrogens (tertiary/aromatic N) is 1. The number of benzene rings is 1. The molecule has 1 fully saturated rings. The molecule has 0 radical (unpaired) electrons. The highest BCUT2D eigenvalue weighted by molar-refractivity contribution is 5.45. The van der Waals surface area contributed by atoms with E-state index in [2.05, 4.69) is 5.32 Å². The van der Waals surface area contributed by atoms with Crippen LogP contribution < -0.4 is 10.1 Å². The van der Waals surface area contributed by atoms with Gasteiger partial charge >= 0.3 is 0 Å². The molecule has 2 rings (SSSR count). The summed E-state index contributed by atoms with van der Waals surface area (Å²) in [5.41, 5.74) is 0.704. The second-order valence-electron chi connectivity index (χ2n) is 4.74. The van der Waals surface area contributed by atoms with Crippen molar-refractivity contribution < 1.29 is 14.4 Å². The highest BCUT2D eigenvalue weighted by atomic mass is 16.6. The Hall–Kier alpha value is -1.66. The summed E-state index contributed by atoms with van der Waals surface area (Å²) in [5.74, 6) is 0.499. The van der Waals surface area contributed by atoms with E-state index < -0.39 is 4.92 Å². The van der Waals surface area contributed by atoms with Gasteiger partial charge in [-0.05, 0) is 26.0 Å². The van der Waals surface area contributed by atoms with Gasteiger partial charge in [-0.3, -0.25) is 10.1 Å². The molecule has 0 spiro atoms. The first-order chi connectivity index (χ1) is 9.06. The Bertz CT molecular complexity index is 464. The minimum Gasteiger partial charge on any atom is -0.491 e. The van der Waals surface area contributed by atoms with Crippen LogP contribution in [0.1, 0.15) is 12.5 Å². The molecule has 2 unspecified atom stereocenters. The van der Waals surface area contributed by atoms with Gasteiger partial charge in [-0.25, -0.2) is 0 Å². The van der Waals surface area contributed by atoms with E-state index in [-0.39, 0.29) is 17.9 Å². The van der Waals surface area contributed by atoms with Gasteiger partial charge in [0.1, 0.15) is 18.5 Å². The van der Waals surface area contributed by atoms with Crippen molar-refractivity contribution in [1.82, 2.24) is 5.32 Å². The van der Waals surface area contributed by atoms with E-state index in [4.69, 9.17) is 9.47 Å². The molecular weight excluding hydrogens is 248 g/mol. The lowest BCUT2D eigenvalue weighted by Crippen LogP contribution is -2.45. The van der Waals surface area contributed by atoms with Crippen LogP contribution in [0.4, 0.5) is 5.69 Å². The van der Waals surface area contributed by atoms with Crippen molar-refractivity contribution in [3.8, 4) is 5.75 Å². The van der Waals surface area contributed by atoms with Gasteiger partial charge < -0.3 is 14.8 Å². The number of morpholine rings is 1. The third kappa shape index (κ3) is 3.65. The molecular formula is C13H18N2O4. The quantitative estimate of drug-likeness (QED) is 0.662. The van der Waals surface area contributed by atoms with Gasteiger partial charge in [0.25, 0.3) is 5.69 Å². The van der Waals surface area contributed by atoms with Crippen LogP contribution in [0, 0.1) is 17.0 Å². The molecule has 0 bridgehead atoms. The molecule has 0 aromatic heterocycles. The predicted octanol–water partition coefficient (Wildman–Crippen LogP) is 1.66. The number of nitro benzene ring substituents is 1. The largest absolute Gasteiger partial charge is 0.491 e. The molecule has 1 aliphatic heterocycles. The average molecular weight is 266 g/mol. The average Bonchev–Trinajstić information content (AvgIpc) is 2.37. The highest BCUT2D eigenvalue weighted by Gasteiger charge is 2.19. The molecule has 2 atom stereocenters. The zero-order valence-corrected chi connectivity index (χ0v) is 11.1. The first-order valence-corrected chi connectivity index (χ1v) is 6.30. The molecule has 1 aromatic rings. The maximum atomic E-state index is 10.8. The van der Waals surface area contributed by atoms with Crippen molar-refractivity contribution >= 4 is 5.69 Å². The van der Waals surface area contributed by atoms with Crippen LogP contribution in [0.5, 0.6) is 5.75 Å². The Morgan fingerprint density at radius 3 is 3.00 bits per heavy atom. The number of rotatable bonds is 4. The third-order valence-electron chi connectivity index (χ3n) is 3.04. The Kier molecular flexibility index (Phi) is 4.34. The van der Waals surface area contributed by atoms with Gasteiger partial charge in [-0.1, -0.05) is 0 Å². The van der Waals surface area contributed by atoms with Crippen LogP contribution in [0.15, 0.2) is 18.2 Å². The molecule has 6 nitrogen and oxygen atoms in total. The van der Waals surface area contributed by atoms with Crippen molar-refractivity contribution in [1.29, 1.82) is 0 Å². The maximum Gasteiger partial charge on any atom is 0.276 e. The van der Waals surface area contributed by atoms with Crippen molar-refractivity contribution in [2.75, 3.05) is 19.7 Å².